The molecule has 1 heterocycles. The van der Waals surface area contributed by atoms with E-state index in [2.05, 4.69) is 4.98 Å². The highest BCUT2D eigenvalue weighted by Crippen LogP contribution is 2.36. The molecule has 0 spiro atoms. The van der Waals surface area contributed by atoms with Gasteiger partial charge in [-0.15, -0.1) is 0 Å². The molecule has 0 atom stereocenters. The average Bonchev–Trinajstić information content (AvgIpc) is 2.32. The molecule has 0 saturated heterocycles. The fourth-order valence-corrected chi connectivity index (χ4v) is 3.46. The third kappa shape index (κ3) is 3.26. The van der Waals surface area contributed by atoms with E-state index < -0.39 is 0 Å². The Balaban J connectivity index is 2.53. The number of aromatic nitrogens is 1. The summed E-state index contributed by atoms with van der Waals surface area (Å²) in [7, 11) is 0. The fourth-order valence-electron chi connectivity index (χ4n) is 1.86. The lowest BCUT2D eigenvalue weighted by atomic mass is 10.1. The predicted octanol–water partition coefficient (Wildman–Crippen LogP) is 4.44. The van der Waals surface area contributed by atoms with Crippen molar-refractivity contribution < 1.29 is 0 Å². The van der Waals surface area contributed by atoms with Gasteiger partial charge in [0.2, 0.25) is 0 Å². The molecule has 0 bridgehead atoms. The van der Waals surface area contributed by atoms with Crippen LogP contribution in [-0.2, 0) is 0 Å². The van der Waals surface area contributed by atoms with Crippen LogP contribution in [0.5, 0.6) is 0 Å². The zero-order chi connectivity index (χ0) is 14.9. The number of halogens is 2. The van der Waals surface area contributed by atoms with E-state index in [9.17, 15) is 0 Å². The Bertz CT molecular complexity index is 686. The van der Waals surface area contributed by atoms with Gasteiger partial charge < -0.3 is 5.73 Å². The van der Waals surface area contributed by atoms with Crippen LogP contribution in [0.4, 0.5) is 0 Å². The Morgan fingerprint density at radius 2 is 1.95 bits per heavy atom. The number of hydrogen-bond donors (Lipinski definition) is 2. The zero-order valence-corrected chi connectivity index (χ0v) is 13.3. The third-order valence-electron chi connectivity index (χ3n) is 2.68. The first-order valence-electron chi connectivity index (χ1n) is 5.84. The van der Waals surface area contributed by atoms with Crippen molar-refractivity contribution in [3.05, 3.63) is 51.1 Å². The summed E-state index contributed by atoms with van der Waals surface area (Å²) in [6, 6.07) is 7.15. The van der Waals surface area contributed by atoms with Crippen LogP contribution >= 0.6 is 35.0 Å². The molecule has 0 aliphatic carbocycles. The first kappa shape index (κ1) is 15.2. The van der Waals surface area contributed by atoms with E-state index in [1.54, 1.807) is 18.2 Å². The summed E-state index contributed by atoms with van der Waals surface area (Å²) in [5.74, 6) is -0.00403. The van der Waals surface area contributed by atoms with Gasteiger partial charge in [-0.2, -0.15) is 0 Å². The van der Waals surface area contributed by atoms with Crippen LogP contribution in [0.25, 0.3) is 0 Å². The molecule has 6 heteroatoms. The molecule has 1 aromatic carbocycles. The van der Waals surface area contributed by atoms with Gasteiger partial charge in [-0.25, -0.2) is 4.98 Å². The number of amidine groups is 1. The minimum absolute atomic E-state index is 0.00403. The van der Waals surface area contributed by atoms with Crippen LogP contribution in [0.3, 0.4) is 0 Å². The second kappa shape index (κ2) is 6.04. The Hall–Kier alpha value is -1.23. The normalized spacial score (nSPS) is 10.6. The van der Waals surface area contributed by atoms with Crippen molar-refractivity contribution >= 4 is 40.8 Å². The molecule has 3 N–H and O–H groups in total. The summed E-state index contributed by atoms with van der Waals surface area (Å²) < 4.78 is 0. The number of nitrogen functional groups attached to an aromatic ring is 1. The van der Waals surface area contributed by atoms with Crippen LogP contribution < -0.4 is 5.73 Å². The van der Waals surface area contributed by atoms with E-state index >= 15 is 0 Å². The average molecular weight is 326 g/mol. The molecular weight excluding hydrogens is 313 g/mol. The van der Waals surface area contributed by atoms with Gasteiger partial charge in [0.25, 0.3) is 0 Å². The molecule has 0 fully saturated rings. The van der Waals surface area contributed by atoms with Crippen molar-refractivity contribution in [3.8, 4) is 0 Å². The molecule has 2 rings (SSSR count). The lowest BCUT2D eigenvalue weighted by Crippen LogP contribution is -2.15. The number of nitrogens with zero attached hydrogens (tertiary/aromatic N) is 1. The maximum Gasteiger partial charge on any atom is 0.125 e. The van der Waals surface area contributed by atoms with Gasteiger partial charge in [0, 0.05) is 15.6 Å². The molecule has 0 aliphatic heterocycles. The molecule has 0 saturated carbocycles. The first-order chi connectivity index (χ1) is 9.38. The minimum atomic E-state index is -0.00403. The van der Waals surface area contributed by atoms with Gasteiger partial charge in [0.15, 0.2) is 0 Å². The van der Waals surface area contributed by atoms with Gasteiger partial charge in [0.05, 0.1) is 10.6 Å². The number of nitrogens with one attached hydrogen (secondary N) is 1. The second-order valence-electron chi connectivity index (χ2n) is 4.35. The van der Waals surface area contributed by atoms with E-state index in [4.69, 9.17) is 34.3 Å². The van der Waals surface area contributed by atoms with E-state index in [-0.39, 0.29) is 5.84 Å². The Morgan fingerprint density at radius 3 is 2.60 bits per heavy atom. The fraction of sp³-hybridized carbons (Fsp3) is 0.143. The molecule has 104 valence electrons. The number of benzene rings is 1. The summed E-state index contributed by atoms with van der Waals surface area (Å²) in [5, 5.41) is 9.58. The van der Waals surface area contributed by atoms with Gasteiger partial charge >= 0.3 is 0 Å². The zero-order valence-electron chi connectivity index (χ0n) is 11.0. The van der Waals surface area contributed by atoms with Crippen molar-refractivity contribution in [2.45, 2.75) is 23.8 Å². The molecule has 3 nitrogen and oxygen atoms in total. The lowest BCUT2D eigenvalue weighted by Gasteiger charge is -2.12. The van der Waals surface area contributed by atoms with Crippen molar-refractivity contribution in [3.63, 3.8) is 0 Å². The number of rotatable bonds is 3. The van der Waals surface area contributed by atoms with Crippen molar-refractivity contribution in [2.24, 2.45) is 5.73 Å². The van der Waals surface area contributed by atoms with Crippen LogP contribution in [0.1, 0.15) is 16.8 Å². The van der Waals surface area contributed by atoms with E-state index in [1.807, 2.05) is 19.9 Å². The number of pyridine rings is 1. The van der Waals surface area contributed by atoms with Crippen LogP contribution in [0.15, 0.2) is 34.2 Å². The second-order valence-corrected chi connectivity index (χ2v) is 6.23. The highest BCUT2D eigenvalue weighted by atomic mass is 35.5. The molecule has 20 heavy (non-hydrogen) atoms. The molecule has 2 aromatic rings. The minimum Gasteiger partial charge on any atom is -0.384 e. The maximum atomic E-state index is 7.71. The van der Waals surface area contributed by atoms with Gasteiger partial charge in [-0.05, 0) is 43.7 Å². The standard InChI is InChI=1S/C14H13Cl2N3S/c1-7-5-8(2)19-14(12(7)13(17)18)20-11-6-9(15)3-4-10(11)16/h3-6H,1-2H3,(H3,17,18). The van der Waals surface area contributed by atoms with E-state index in [0.29, 0.717) is 20.6 Å². The van der Waals surface area contributed by atoms with Gasteiger partial charge in [0.1, 0.15) is 10.9 Å². The molecule has 0 aliphatic rings. The first-order valence-corrected chi connectivity index (χ1v) is 7.41. The number of hydrogen-bond acceptors (Lipinski definition) is 3. The summed E-state index contributed by atoms with van der Waals surface area (Å²) in [6.45, 7) is 3.82. The summed E-state index contributed by atoms with van der Waals surface area (Å²) in [5.41, 5.74) is 8.08. The van der Waals surface area contributed by atoms with Crippen LogP contribution in [0.2, 0.25) is 10.0 Å². The SMILES string of the molecule is Cc1cc(C)c(C(=N)N)c(Sc2cc(Cl)ccc2Cl)n1. The summed E-state index contributed by atoms with van der Waals surface area (Å²) in [6.07, 6.45) is 0. The largest absolute Gasteiger partial charge is 0.384 e. The van der Waals surface area contributed by atoms with Crippen LogP contribution in [0, 0.1) is 19.3 Å². The lowest BCUT2D eigenvalue weighted by molar-refractivity contribution is 1.03. The number of aryl methyl sites for hydroxylation is 2. The van der Waals surface area contributed by atoms with Crippen LogP contribution in [-0.4, -0.2) is 10.8 Å². The molecule has 1 aromatic heterocycles. The maximum absolute atomic E-state index is 7.71. The molecule has 0 amide bonds. The highest BCUT2D eigenvalue weighted by Gasteiger charge is 2.14. The molecule has 0 radical (unpaired) electrons. The smallest absolute Gasteiger partial charge is 0.125 e. The van der Waals surface area contributed by atoms with Crippen molar-refractivity contribution in [2.75, 3.05) is 0 Å². The Labute approximate surface area is 132 Å². The Morgan fingerprint density at radius 1 is 1.25 bits per heavy atom. The van der Waals surface area contributed by atoms with E-state index in [1.165, 1.54) is 11.8 Å². The van der Waals surface area contributed by atoms with E-state index in [0.717, 1.165) is 16.2 Å². The quantitative estimate of drug-likeness (QED) is 0.647. The predicted molar refractivity (Wildman–Crippen MR) is 85.3 cm³/mol. The highest BCUT2D eigenvalue weighted by molar-refractivity contribution is 7.99. The van der Waals surface area contributed by atoms with Crippen molar-refractivity contribution in [1.82, 2.24) is 4.98 Å². The van der Waals surface area contributed by atoms with Gasteiger partial charge in [-0.1, -0.05) is 35.0 Å². The Kier molecular flexibility index (Phi) is 4.58. The third-order valence-corrected chi connectivity index (χ3v) is 4.40. The van der Waals surface area contributed by atoms with Gasteiger partial charge in [-0.3, -0.25) is 5.41 Å². The van der Waals surface area contributed by atoms with Crippen molar-refractivity contribution in [1.29, 1.82) is 5.41 Å². The topological polar surface area (TPSA) is 62.8 Å². The molecule has 0 unspecified atom stereocenters. The summed E-state index contributed by atoms with van der Waals surface area (Å²) in [4.78, 5) is 5.25. The summed E-state index contributed by atoms with van der Waals surface area (Å²) >= 11 is 13.5. The molecular formula is C14H13Cl2N3S. The number of nitrogens with two attached hydrogens (primary N) is 1. The monoisotopic (exact) mass is 325 g/mol.